The van der Waals surface area contributed by atoms with Gasteiger partial charge in [0.15, 0.2) is 5.95 Å². The lowest BCUT2D eigenvalue weighted by Crippen LogP contribution is -2.49. The number of nitrogens with one attached hydrogen (secondary N) is 6. The Kier molecular flexibility index (Phi) is 35.2. The fourth-order valence-corrected chi connectivity index (χ4v) is 11.7. The van der Waals surface area contributed by atoms with Crippen molar-refractivity contribution in [3.8, 4) is 11.1 Å². The van der Waals surface area contributed by atoms with Gasteiger partial charge in [-0.2, -0.15) is 31.1 Å². The van der Waals surface area contributed by atoms with Crippen molar-refractivity contribution < 1.29 is 116 Å². The number of ether oxygens (including phenoxy) is 3. The summed E-state index contributed by atoms with van der Waals surface area (Å²) in [6.45, 7) is 9.74. The number of pyridine rings is 1. The second kappa shape index (κ2) is 41.9. The van der Waals surface area contributed by atoms with Crippen LogP contribution in [0.25, 0.3) is 22.0 Å². The van der Waals surface area contributed by atoms with Crippen LogP contribution in [0, 0.1) is 0 Å². The average molecular weight is 1490 g/mol. The number of aliphatic carboxylic acids is 4. The summed E-state index contributed by atoms with van der Waals surface area (Å²) >= 11 is 0. The average Bonchev–Trinajstić information content (AvgIpc) is 0.842. The van der Waals surface area contributed by atoms with Crippen LogP contribution in [0.4, 0.5) is 32.3 Å². The Labute approximate surface area is 581 Å². The predicted molar refractivity (Wildman–Crippen MR) is 353 cm³/mol. The summed E-state index contributed by atoms with van der Waals surface area (Å²) in [4.78, 5) is 118. The molecule has 2 amide bonds. The summed E-state index contributed by atoms with van der Waals surface area (Å²) < 4.78 is 141. The lowest BCUT2D eigenvalue weighted by atomic mass is 10.1. The van der Waals surface area contributed by atoms with E-state index in [0.717, 1.165) is 5.56 Å². The van der Waals surface area contributed by atoms with E-state index in [4.69, 9.17) is 14.2 Å². The maximum atomic E-state index is 13.3. The van der Waals surface area contributed by atoms with Crippen molar-refractivity contribution in [2.75, 3.05) is 143 Å². The largest absolute Gasteiger partial charge is 0.480 e. The van der Waals surface area contributed by atoms with Gasteiger partial charge < -0.3 is 60.1 Å². The standard InChI is InChI=1S/C35H39N7O9S2.C23H43N5O9.C4F6O2/c1-3-51-18-4-15-40-52(47,48)26-10-6-24(7-11-26)25-8-12-27(13-9-25)53(49,50)41-30(34(45)46)21-38-33(44)29-22-42(2)31-19-23(5-14-28(31)32(29)43)20-39-35-36-16-17-37-35;1-2-36-14-15-37-13-3-4-24-20(29)16-25-5-7-26(17-21(30)31)9-11-28(19-23(34)35)12-10-27(8-6-25)18-22(32)33;5-3(6,7)1(11)2(12)4(8,9)10/h5-14,16-17,19,22,30,40-41H,3-4,15,18,20-21H2,1-2H3,(H,38,44)(H,45,46)(H2,36,37,39);2-19H2,1H3,(H,24,29)(H,30,31)(H,32,33)(H,34,35);. The van der Waals surface area contributed by atoms with Crippen molar-refractivity contribution in [1.29, 1.82) is 0 Å². The maximum absolute atomic E-state index is 13.3. The number of carboxylic acids is 4. The van der Waals surface area contributed by atoms with Crippen molar-refractivity contribution in [3.05, 3.63) is 107 Å². The highest BCUT2D eigenvalue weighted by Crippen LogP contribution is 2.26. The minimum atomic E-state index is -5.77. The van der Waals surface area contributed by atoms with Gasteiger partial charge in [-0.15, -0.1) is 0 Å². The Morgan fingerprint density at radius 2 is 1.07 bits per heavy atom. The summed E-state index contributed by atoms with van der Waals surface area (Å²) in [5.74, 6) is -11.8. The highest BCUT2D eigenvalue weighted by atomic mass is 32.2. The number of nitrogens with zero attached hydrogens (tertiary/aromatic N) is 6. The Morgan fingerprint density at radius 3 is 1.53 bits per heavy atom. The van der Waals surface area contributed by atoms with Crippen LogP contribution in [-0.4, -0.2) is 275 Å². The number of anilines is 1. The number of hydrogen-bond donors (Lipinski definition) is 10. The van der Waals surface area contributed by atoms with Gasteiger partial charge in [0.1, 0.15) is 11.6 Å². The van der Waals surface area contributed by atoms with Crippen LogP contribution >= 0.6 is 0 Å². The number of carbonyl (C=O) groups excluding carboxylic acids is 4. The topological polar surface area (TPSA) is 437 Å². The molecule has 564 valence electrons. The molecule has 3 heterocycles. The monoisotopic (exact) mass is 1490 g/mol. The number of carbonyl (C=O) groups is 8. The molecule has 1 unspecified atom stereocenters. The molecule has 1 aliphatic rings. The smallest absolute Gasteiger partial charge is 0.458 e. The molecular weight excluding hydrogens is 1410 g/mol. The Balaban J connectivity index is 0.000000389. The molecule has 0 spiro atoms. The maximum Gasteiger partial charge on any atom is 0.458 e. The van der Waals surface area contributed by atoms with Crippen LogP contribution in [0.5, 0.6) is 0 Å². The third-order valence-electron chi connectivity index (χ3n) is 14.6. The first-order valence-corrected chi connectivity index (χ1v) is 34.4. The van der Waals surface area contributed by atoms with Crippen LogP contribution in [0.3, 0.4) is 0 Å². The summed E-state index contributed by atoms with van der Waals surface area (Å²) in [5, 5.41) is 46.2. The highest BCUT2D eigenvalue weighted by Gasteiger charge is 2.54. The second-order valence-electron chi connectivity index (χ2n) is 22.3. The molecule has 1 atom stereocenters. The number of Topliss-reactive ketones (excluding diaryl/α,β-unsaturated/α-hetero) is 2. The number of aromatic nitrogens is 3. The fraction of sp³-hybridized carbons (Fsp3) is 0.484. The van der Waals surface area contributed by atoms with Gasteiger partial charge in [0.2, 0.25) is 31.4 Å². The first-order valence-electron chi connectivity index (χ1n) is 31.4. The molecule has 40 heteroatoms. The number of carboxylic acid groups (broad SMARTS) is 4. The van der Waals surface area contributed by atoms with Gasteiger partial charge in [-0.3, -0.25) is 62.8 Å². The van der Waals surface area contributed by atoms with Gasteiger partial charge >= 0.3 is 47.8 Å². The second-order valence-corrected chi connectivity index (χ2v) is 25.8. The molecule has 10 N–H and O–H groups in total. The van der Waals surface area contributed by atoms with Gasteiger partial charge in [0, 0.05) is 136 Å². The number of fused-ring (bicyclic) bond motifs is 1. The van der Waals surface area contributed by atoms with Crippen molar-refractivity contribution in [3.63, 3.8) is 0 Å². The lowest BCUT2D eigenvalue weighted by molar-refractivity contribution is -0.193. The molecule has 3 aromatic carbocycles. The number of imidazole rings is 1. The summed E-state index contributed by atoms with van der Waals surface area (Å²) in [7, 11) is -6.45. The number of aromatic amines is 1. The van der Waals surface area contributed by atoms with Crippen LogP contribution in [0.2, 0.25) is 0 Å². The zero-order valence-corrected chi connectivity index (χ0v) is 57.4. The van der Waals surface area contributed by atoms with E-state index in [1.54, 1.807) is 69.0 Å². The summed E-state index contributed by atoms with van der Waals surface area (Å²) in [6.07, 6.45) is -5.74. The van der Waals surface area contributed by atoms with Crippen molar-refractivity contribution >= 4 is 84.2 Å². The molecule has 0 saturated carbocycles. The molecule has 1 saturated heterocycles. The number of hydrogen-bond acceptors (Lipinski definition) is 22. The SMILES string of the molecule is CCOCCCNS(=O)(=O)c1ccc(-c2ccc(S(=O)(=O)NC(CNC(=O)c3cn(C)c4cc(CNc5ncc[nH]5)ccc4c3=O)C(=O)O)cc2)cc1.CCOCCOCCCNC(=O)CN1CCN(CC(=O)O)CCN(CC(=O)O)CCN(CC(=O)O)CC1.O=C(C(=O)C(F)(F)F)C(F)(F)F. The molecule has 1 fully saturated rings. The van der Waals surface area contributed by atoms with E-state index in [0.29, 0.717) is 141 Å². The van der Waals surface area contributed by atoms with E-state index >= 15 is 0 Å². The van der Waals surface area contributed by atoms with Crippen LogP contribution < -0.4 is 30.8 Å². The third kappa shape index (κ3) is 30.4. The Hall–Kier alpha value is -8.84. The van der Waals surface area contributed by atoms with E-state index in [9.17, 15) is 107 Å². The first kappa shape index (κ1) is 85.6. The first-order chi connectivity index (χ1) is 48.0. The lowest BCUT2D eigenvalue weighted by Gasteiger charge is -2.32. The molecule has 5 aromatic rings. The van der Waals surface area contributed by atoms with Crippen LogP contribution in [-0.2, 0) is 81.4 Å². The van der Waals surface area contributed by atoms with E-state index in [1.165, 1.54) is 42.6 Å². The normalized spacial score (nSPS) is 14.3. The third-order valence-corrected chi connectivity index (χ3v) is 17.6. The number of alkyl halides is 6. The molecule has 102 heavy (non-hydrogen) atoms. The number of halogens is 6. The van der Waals surface area contributed by atoms with Gasteiger partial charge in [0.25, 0.3) is 5.91 Å². The number of amides is 2. The molecule has 0 aliphatic carbocycles. The quantitative estimate of drug-likeness (QED) is 0.0157. The van der Waals surface area contributed by atoms with Crippen LogP contribution in [0.15, 0.2) is 99.9 Å². The molecular formula is C62H82F6N12O20S2. The summed E-state index contributed by atoms with van der Waals surface area (Å²) in [5.41, 5.74) is 1.80. The molecule has 1 aliphatic heterocycles. The Morgan fingerprint density at radius 1 is 0.608 bits per heavy atom. The highest BCUT2D eigenvalue weighted by molar-refractivity contribution is 7.89. The number of sulfonamides is 2. The van der Waals surface area contributed by atoms with E-state index < -0.39 is 91.8 Å². The van der Waals surface area contributed by atoms with E-state index in [2.05, 4.69) is 35.4 Å². The minimum Gasteiger partial charge on any atom is -0.480 e. The van der Waals surface area contributed by atoms with Crippen molar-refractivity contribution in [2.24, 2.45) is 7.05 Å². The van der Waals surface area contributed by atoms with Gasteiger partial charge in [-0.25, -0.2) is 26.5 Å². The molecule has 32 nitrogen and oxygen atoms in total. The molecule has 0 bridgehead atoms. The zero-order valence-electron chi connectivity index (χ0n) is 55.7. The zero-order chi connectivity index (χ0) is 75.8. The number of benzene rings is 3. The number of H-pyrrole nitrogens is 1. The van der Waals surface area contributed by atoms with E-state index in [-0.39, 0.29) is 59.4 Å². The predicted octanol–water partition coefficient (Wildman–Crippen LogP) is 1.68. The number of ketones is 2. The number of rotatable bonds is 35. The van der Waals surface area contributed by atoms with Crippen molar-refractivity contribution in [2.45, 2.75) is 61.4 Å². The van der Waals surface area contributed by atoms with Gasteiger partial charge in [-0.05, 0) is 79.8 Å². The molecule has 2 aromatic heterocycles. The van der Waals surface area contributed by atoms with Crippen molar-refractivity contribution in [1.82, 2.24) is 54.2 Å². The fourth-order valence-electron chi connectivity index (χ4n) is 9.40. The minimum absolute atomic E-state index is 0.0677. The summed E-state index contributed by atoms with van der Waals surface area (Å²) in [6, 6.07) is 14.9. The molecule has 0 radical (unpaired) electrons. The van der Waals surface area contributed by atoms with Crippen LogP contribution in [0.1, 0.15) is 42.6 Å². The van der Waals surface area contributed by atoms with Gasteiger partial charge in [-0.1, -0.05) is 30.3 Å². The van der Waals surface area contributed by atoms with E-state index in [1.807, 2.05) is 18.7 Å². The van der Waals surface area contributed by atoms with Gasteiger partial charge in [0.05, 0.1) is 54.7 Å². The molecule has 6 rings (SSSR count). The Bertz CT molecular complexity index is 3820. The number of aryl methyl sites for hydroxylation is 1.